The van der Waals surface area contributed by atoms with Crippen molar-refractivity contribution in [3.8, 4) is 0 Å². The SMILES string of the molecule is Cc1ccc(Nc2c(C)c(Cl)nc3ncnn23)cc1. The van der Waals surface area contributed by atoms with Crippen LogP contribution < -0.4 is 5.32 Å². The van der Waals surface area contributed by atoms with Gasteiger partial charge in [0.05, 0.1) is 0 Å². The average Bonchev–Trinajstić information content (AvgIpc) is 2.85. The molecule has 0 aliphatic rings. The normalized spacial score (nSPS) is 10.9. The van der Waals surface area contributed by atoms with Crippen molar-refractivity contribution in [3.05, 3.63) is 46.9 Å². The highest BCUT2D eigenvalue weighted by atomic mass is 35.5. The van der Waals surface area contributed by atoms with Crippen LogP contribution in [0, 0.1) is 13.8 Å². The fourth-order valence-corrected chi connectivity index (χ4v) is 1.98. The molecule has 0 amide bonds. The first-order chi connectivity index (χ1) is 9.15. The molecule has 0 aliphatic carbocycles. The molecule has 96 valence electrons. The van der Waals surface area contributed by atoms with E-state index in [-0.39, 0.29) is 0 Å². The summed E-state index contributed by atoms with van der Waals surface area (Å²) >= 11 is 6.11. The summed E-state index contributed by atoms with van der Waals surface area (Å²) in [6.45, 7) is 3.95. The Morgan fingerprint density at radius 3 is 2.63 bits per heavy atom. The van der Waals surface area contributed by atoms with Crippen molar-refractivity contribution in [1.29, 1.82) is 0 Å². The summed E-state index contributed by atoms with van der Waals surface area (Å²) in [5, 5.41) is 7.89. The number of fused-ring (bicyclic) bond motifs is 1. The maximum atomic E-state index is 6.11. The van der Waals surface area contributed by atoms with Gasteiger partial charge in [-0.25, -0.2) is 0 Å². The van der Waals surface area contributed by atoms with Crippen molar-refractivity contribution in [2.24, 2.45) is 0 Å². The van der Waals surface area contributed by atoms with Crippen molar-refractivity contribution < 1.29 is 0 Å². The van der Waals surface area contributed by atoms with E-state index in [2.05, 4.69) is 20.4 Å². The molecule has 3 aromatic rings. The van der Waals surface area contributed by atoms with E-state index >= 15 is 0 Å². The smallest absolute Gasteiger partial charge is 0.255 e. The molecule has 0 bridgehead atoms. The van der Waals surface area contributed by atoms with Crippen molar-refractivity contribution >= 4 is 28.9 Å². The van der Waals surface area contributed by atoms with Crippen LogP contribution in [0.4, 0.5) is 11.5 Å². The molecular formula is C13H12ClN5. The van der Waals surface area contributed by atoms with Gasteiger partial charge < -0.3 is 5.32 Å². The molecule has 0 saturated heterocycles. The number of nitrogens with zero attached hydrogens (tertiary/aromatic N) is 4. The van der Waals surface area contributed by atoms with Gasteiger partial charge in [-0.05, 0) is 26.0 Å². The van der Waals surface area contributed by atoms with E-state index in [1.807, 2.05) is 38.1 Å². The van der Waals surface area contributed by atoms with Crippen molar-refractivity contribution in [3.63, 3.8) is 0 Å². The van der Waals surface area contributed by atoms with Crippen LogP contribution in [-0.4, -0.2) is 19.6 Å². The quantitative estimate of drug-likeness (QED) is 0.729. The minimum absolute atomic E-state index is 0.426. The third kappa shape index (κ3) is 2.13. The Morgan fingerprint density at radius 2 is 1.89 bits per heavy atom. The minimum atomic E-state index is 0.426. The molecule has 0 unspecified atom stereocenters. The second kappa shape index (κ2) is 4.51. The van der Waals surface area contributed by atoms with Gasteiger partial charge in [-0.1, -0.05) is 29.3 Å². The highest BCUT2D eigenvalue weighted by molar-refractivity contribution is 6.30. The van der Waals surface area contributed by atoms with Gasteiger partial charge in [-0.3, -0.25) is 0 Å². The van der Waals surface area contributed by atoms with Crippen LogP contribution in [0.1, 0.15) is 11.1 Å². The van der Waals surface area contributed by atoms with Gasteiger partial charge in [0.15, 0.2) is 0 Å². The summed E-state index contributed by atoms with van der Waals surface area (Å²) in [5.74, 6) is 1.25. The first-order valence-electron chi connectivity index (χ1n) is 5.84. The summed E-state index contributed by atoms with van der Waals surface area (Å²) in [7, 11) is 0. The lowest BCUT2D eigenvalue weighted by Gasteiger charge is -2.11. The lowest BCUT2D eigenvalue weighted by atomic mass is 10.2. The zero-order chi connectivity index (χ0) is 13.4. The van der Waals surface area contributed by atoms with Crippen LogP contribution in [-0.2, 0) is 0 Å². The van der Waals surface area contributed by atoms with Crippen molar-refractivity contribution in [1.82, 2.24) is 19.6 Å². The molecule has 0 fully saturated rings. The van der Waals surface area contributed by atoms with E-state index in [0.29, 0.717) is 10.9 Å². The van der Waals surface area contributed by atoms with E-state index in [1.54, 1.807) is 4.52 Å². The van der Waals surface area contributed by atoms with E-state index in [1.165, 1.54) is 11.9 Å². The molecule has 0 radical (unpaired) electrons. The molecular weight excluding hydrogens is 262 g/mol. The first-order valence-corrected chi connectivity index (χ1v) is 6.22. The lowest BCUT2D eigenvalue weighted by Crippen LogP contribution is -2.04. The average molecular weight is 274 g/mol. The fourth-order valence-electron chi connectivity index (χ4n) is 1.82. The molecule has 0 atom stereocenters. The monoisotopic (exact) mass is 273 g/mol. The van der Waals surface area contributed by atoms with Gasteiger partial charge in [0, 0.05) is 11.3 Å². The van der Waals surface area contributed by atoms with Crippen LogP contribution in [0.2, 0.25) is 5.15 Å². The molecule has 19 heavy (non-hydrogen) atoms. The summed E-state index contributed by atoms with van der Waals surface area (Å²) in [6, 6.07) is 8.09. The number of hydrogen-bond donors (Lipinski definition) is 1. The number of anilines is 2. The number of rotatable bonds is 2. The Kier molecular flexibility index (Phi) is 2.83. The van der Waals surface area contributed by atoms with Crippen molar-refractivity contribution in [2.45, 2.75) is 13.8 Å². The number of hydrogen-bond acceptors (Lipinski definition) is 4. The zero-order valence-corrected chi connectivity index (χ0v) is 11.3. The van der Waals surface area contributed by atoms with E-state index in [4.69, 9.17) is 11.6 Å². The van der Waals surface area contributed by atoms with Crippen LogP contribution in [0.15, 0.2) is 30.6 Å². The number of nitrogens with one attached hydrogen (secondary N) is 1. The van der Waals surface area contributed by atoms with Crippen LogP contribution in [0.3, 0.4) is 0 Å². The van der Waals surface area contributed by atoms with Gasteiger partial charge >= 0.3 is 0 Å². The second-order valence-electron chi connectivity index (χ2n) is 4.34. The highest BCUT2D eigenvalue weighted by Gasteiger charge is 2.12. The Morgan fingerprint density at radius 1 is 1.16 bits per heavy atom. The fraction of sp³-hybridized carbons (Fsp3) is 0.154. The Hall–Kier alpha value is -2.14. The third-order valence-corrected chi connectivity index (χ3v) is 3.29. The maximum Gasteiger partial charge on any atom is 0.255 e. The Balaban J connectivity index is 2.11. The van der Waals surface area contributed by atoms with Gasteiger partial charge in [0.1, 0.15) is 17.3 Å². The maximum absolute atomic E-state index is 6.11. The predicted octanol–water partition coefficient (Wildman–Crippen LogP) is 3.14. The van der Waals surface area contributed by atoms with E-state index in [9.17, 15) is 0 Å². The summed E-state index contributed by atoms with van der Waals surface area (Å²) in [5.41, 5.74) is 3.01. The minimum Gasteiger partial charge on any atom is -0.340 e. The zero-order valence-electron chi connectivity index (χ0n) is 10.6. The van der Waals surface area contributed by atoms with Gasteiger partial charge in [-0.2, -0.15) is 19.6 Å². The second-order valence-corrected chi connectivity index (χ2v) is 4.70. The molecule has 2 aromatic heterocycles. The summed E-state index contributed by atoms with van der Waals surface area (Å²) in [6.07, 6.45) is 1.46. The molecule has 0 spiro atoms. The summed E-state index contributed by atoms with van der Waals surface area (Å²) < 4.78 is 1.64. The van der Waals surface area contributed by atoms with Crippen LogP contribution in [0.25, 0.3) is 5.78 Å². The van der Waals surface area contributed by atoms with Crippen LogP contribution in [0.5, 0.6) is 0 Å². The number of benzene rings is 1. The third-order valence-electron chi connectivity index (χ3n) is 2.92. The molecule has 3 rings (SSSR count). The van der Waals surface area contributed by atoms with Gasteiger partial charge in [-0.15, -0.1) is 0 Å². The molecule has 2 heterocycles. The molecule has 0 saturated carbocycles. The molecule has 5 nitrogen and oxygen atoms in total. The van der Waals surface area contributed by atoms with Gasteiger partial charge in [0.25, 0.3) is 5.78 Å². The highest BCUT2D eigenvalue weighted by Crippen LogP contribution is 2.25. The Labute approximate surface area is 115 Å². The largest absolute Gasteiger partial charge is 0.340 e. The van der Waals surface area contributed by atoms with Crippen LogP contribution >= 0.6 is 11.6 Å². The summed E-state index contributed by atoms with van der Waals surface area (Å²) in [4.78, 5) is 8.22. The lowest BCUT2D eigenvalue weighted by molar-refractivity contribution is 0.936. The Bertz CT molecular complexity index is 733. The topological polar surface area (TPSA) is 55.1 Å². The molecule has 1 aromatic carbocycles. The van der Waals surface area contributed by atoms with Crippen molar-refractivity contribution in [2.75, 3.05) is 5.32 Å². The first kappa shape index (κ1) is 11.9. The number of aryl methyl sites for hydroxylation is 1. The number of halogens is 1. The van der Waals surface area contributed by atoms with Gasteiger partial charge in [0.2, 0.25) is 0 Å². The predicted molar refractivity (Wildman–Crippen MR) is 75.0 cm³/mol. The van der Waals surface area contributed by atoms with E-state index < -0.39 is 0 Å². The van der Waals surface area contributed by atoms with E-state index in [0.717, 1.165) is 17.1 Å². The standard InChI is InChI=1S/C13H12ClN5/c1-8-3-5-10(6-4-8)17-12-9(2)11(14)18-13-15-7-16-19(12)13/h3-7,17H,1-2H3. The molecule has 1 N–H and O–H groups in total. The molecule has 6 heteroatoms. The number of aromatic nitrogens is 4. The molecule has 0 aliphatic heterocycles.